The Labute approximate surface area is 77.8 Å². The van der Waals surface area contributed by atoms with Gasteiger partial charge in [-0.3, -0.25) is 4.68 Å². The summed E-state index contributed by atoms with van der Waals surface area (Å²) in [4.78, 5) is 4.05. The summed E-state index contributed by atoms with van der Waals surface area (Å²) in [5.74, 6) is 0.745. The lowest BCUT2D eigenvalue weighted by molar-refractivity contribution is 0.151. The van der Waals surface area contributed by atoms with E-state index in [1.54, 1.807) is 17.9 Å². The Morgan fingerprint density at radius 1 is 1.62 bits per heavy atom. The largest absolute Gasteiger partial charge is 0.392 e. The van der Waals surface area contributed by atoms with E-state index in [9.17, 15) is 5.11 Å². The van der Waals surface area contributed by atoms with Gasteiger partial charge in [0, 0.05) is 13.1 Å². The van der Waals surface area contributed by atoms with Gasteiger partial charge in [0.05, 0.1) is 12.6 Å². The van der Waals surface area contributed by atoms with Crippen molar-refractivity contribution < 1.29 is 5.11 Å². The molecule has 0 spiro atoms. The number of hydrogen-bond acceptors (Lipinski definition) is 4. The zero-order chi connectivity index (χ0) is 9.84. The van der Waals surface area contributed by atoms with Gasteiger partial charge in [0.25, 0.3) is 0 Å². The molecular formula is C8H16N4O. The quantitative estimate of drug-likeness (QED) is 0.673. The van der Waals surface area contributed by atoms with E-state index in [2.05, 4.69) is 15.4 Å². The SMILES string of the molecule is CC(O)C(C)NCc1ncn(C)n1. The van der Waals surface area contributed by atoms with Gasteiger partial charge in [0.2, 0.25) is 0 Å². The molecule has 0 radical (unpaired) electrons. The van der Waals surface area contributed by atoms with Crippen molar-refractivity contribution in [2.45, 2.75) is 32.5 Å². The highest BCUT2D eigenvalue weighted by Crippen LogP contribution is 1.93. The molecule has 0 aliphatic carbocycles. The molecule has 13 heavy (non-hydrogen) atoms. The van der Waals surface area contributed by atoms with E-state index in [-0.39, 0.29) is 12.1 Å². The van der Waals surface area contributed by atoms with Gasteiger partial charge in [-0.1, -0.05) is 0 Å². The van der Waals surface area contributed by atoms with Crippen LogP contribution in [0.15, 0.2) is 6.33 Å². The number of aryl methyl sites for hydroxylation is 1. The van der Waals surface area contributed by atoms with Crippen molar-refractivity contribution in [2.24, 2.45) is 7.05 Å². The molecule has 1 aromatic rings. The smallest absolute Gasteiger partial charge is 0.164 e. The molecule has 0 aromatic carbocycles. The van der Waals surface area contributed by atoms with Crippen LogP contribution in [0.3, 0.4) is 0 Å². The summed E-state index contributed by atoms with van der Waals surface area (Å²) in [6.45, 7) is 4.27. The average Bonchev–Trinajstić information content (AvgIpc) is 2.47. The molecule has 0 aliphatic rings. The van der Waals surface area contributed by atoms with E-state index >= 15 is 0 Å². The summed E-state index contributed by atoms with van der Waals surface area (Å²) in [6, 6.07) is 0.0591. The van der Waals surface area contributed by atoms with Gasteiger partial charge in [-0.25, -0.2) is 4.98 Å². The molecule has 0 amide bonds. The molecule has 2 atom stereocenters. The van der Waals surface area contributed by atoms with E-state index < -0.39 is 0 Å². The molecule has 0 bridgehead atoms. The van der Waals surface area contributed by atoms with Crippen LogP contribution in [-0.4, -0.2) is 32.0 Å². The van der Waals surface area contributed by atoms with Gasteiger partial charge in [0.1, 0.15) is 6.33 Å². The van der Waals surface area contributed by atoms with Crippen LogP contribution in [0, 0.1) is 0 Å². The Hall–Kier alpha value is -0.940. The minimum absolute atomic E-state index is 0.0591. The van der Waals surface area contributed by atoms with Gasteiger partial charge >= 0.3 is 0 Å². The number of rotatable bonds is 4. The predicted octanol–water partition coefficient (Wildman–Crippen LogP) is -0.326. The topological polar surface area (TPSA) is 63.0 Å². The lowest BCUT2D eigenvalue weighted by Crippen LogP contribution is -2.35. The lowest BCUT2D eigenvalue weighted by Gasteiger charge is -2.14. The standard InChI is InChI=1S/C8H16N4O/c1-6(7(2)13)9-4-8-10-5-12(3)11-8/h5-7,9,13H,4H2,1-3H3. The van der Waals surface area contributed by atoms with Crippen molar-refractivity contribution in [2.75, 3.05) is 0 Å². The first-order valence-corrected chi connectivity index (χ1v) is 4.35. The summed E-state index contributed by atoms with van der Waals surface area (Å²) in [6.07, 6.45) is 1.30. The lowest BCUT2D eigenvalue weighted by atomic mass is 10.2. The highest BCUT2D eigenvalue weighted by Gasteiger charge is 2.08. The molecule has 1 rings (SSSR count). The monoisotopic (exact) mass is 184 g/mol. The van der Waals surface area contributed by atoms with Crippen molar-refractivity contribution in [1.82, 2.24) is 20.1 Å². The summed E-state index contributed by atoms with van der Waals surface area (Å²) in [5.41, 5.74) is 0. The van der Waals surface area contributed by atoms with Gasteiger partial charge < -0.3 is 10.4 Å². The van der Waals surface area contributed by atoms with E-state index in [0.29, 0.717) is 6.54 Å². The molecule has 5 nitrogen and oxygen atoms in total. The van der Waals surface area contributed by atoms with E-state index in [1.807, 2.05) is 14.0 Å². The van der Waals surface area contributed by atoms with Crippen molar-refractivity contribution in [3.05, 3.63) is 12.2 Å². The first kappa shape index (κ1) is 10.1. The molecule has 2 unspecified atom stereocenters. The molecule has 2 N–H and O–H groups in total. The van der Waals surface area contributed by atoms with Crippen molar-refractivity contribution in [1.29, 1.82) is 0 Å². The minimum atomic E-state index is -0.358. The molecule has 1 heterocycles. The summed E-state index contributed by atoms with van der Waals surface area (Å²) in [5, 5.41) is 16.4. The Morgan fingerprint density at radius 2 is 2.31 bits per heavy atom. The van der Waals surface area contributed by atoms with Gasteiger partial charge in [0.15, 0.2) is 5.82 Å². The summed E-state index contributed by atoms with van der Waals surface area (Å²) < 4.78 is 1.66. The van der Waals surface area contributed by atoms with Crippen molar-refractivity contribution in [3.8, 4) is 0 Å². The maximum Gasteiger partial charge on any atom is 0.164 e. The zero-order valence-corrected chi connectivity index (χ0v) is 8.23. The molecule has 0 aliphatic heterocycles. The Balaban J connectivity index is 2.35. The normalized spacial score (nSPS) is 15.7. The second kappa shape index (κ2) is 4.34. The Bertz CT molecular complexity index is 258. The fraction of sp³-hybridized carbons (Fsp3) is 0.750. The van der Waals surface area contributed by atoms with E-state index in [1.165, 1.54) is 0 Å². The molecule has 1 aromatic heterocycles. The maximum absolute atomic E-state index is 9.20. The third-order valence-electron chi connectivity index (χ3n) is 1.95. The van der Waals surface area contributed by atoms with Crippen LogP contribution < -0.4 is 5.32 Å². The second-order valence-electron chi connectivity index (χ2n) is 3.24. The maximum atomic E-state index is 9.20. The molecular weight excluding hydrogens is 168 g/mol. The first-order valence-electron chi connectivity index (χ1n) is 4.35. The third-order valence-corrected chi connectivity index (χ3v) is 1.95. The minimum Gasteiger partial charge on any atom is -0.392 e. The van der Waals surface area contributed by atoms with Crippen molar-refractivity contribution in [3.63, 3.8) is 0 Å². The molecule has 0 saturated carbocycles. The first-order chi connectivity index (χ1) is 6.09. The highest BCUT2D eigenvalue weighted by atomic mass is 16.3. The fourth-order valence-corrected chi connectivity index (χ4v) is 0.888. The number of nitrogens with one attached hydrogen (secondary N) is 1. The number of nitrogens with zero attached hydrogens (tertiary/aromatic N) is 3. The van der Waals surface area contributed by atoms with Crippen LogP contribution in [0.5, 0.6) is 0 Å². The third kappa shape index (κ3) is 3.12. The number of hydrogen-bond donors (Lipinski definition) is 2. The van der Waals surface area contributed by atoms with Crippen LogP contribution in [0.25, 0.3) is 0 Å². The van der Waals surface area contributed by atoms with Gasteiger partial charge in [-0.05, 0) is 13.8 Å². The number of aliphatic hydroxyl groups excluding tert-OH is 1. The average molecular weight is 184 g/mol. The van der Waals surface area contributed by atoms with Gasteiger partial charge in [-0.2, -0.15) is 5.10 Å². The van der Waals surface area contributed by atoms with Crippen LogP contribution in [0.1, 0.15) is 19.7 Å². The predicted molar refractivity (Wildman–Crippen MR) is 49.0 cm³/mol. The zero-order valence-electron chi connectivity index (χ0n) is 8.23. The van der Waals surface area contributed by atoms with E-state index in [4.69, 9.17) is 0 Å². The van der Waals surface area contributed by atoms with Crippen LogP contribution in [0.2, 0.25) is 0 Å². The Morgan fingerprint density at radius 3 is 2.77 bits per heavy atom. The van der Waals surface area contributed by atoms with E-state index in [0.717, 1.165) is 5.82 Å². The van der Waals surface area contributed by atoms with Crippen LogP contribution in [-0.2, 0) is 13.6 Å². The molecule has 0 fully saturated rings. The van der Waals surface area contributed by atoms with Gasteiger partial charge in [-0.15, -0.1) is 0 Å². The van der Waals surface area contributed by atoms with Crippen molar-refractivity contribution >= 4 is 0 Å². The number of aromatic nitrogens is 3. The highest BCUT2D eigenvalue weighted by molar-refractivity contribution is 4.81. The molecule has 5 heteroatoms. The second-order valence-corrected chi connectivity index (χ2v) is 3.24. The molecule has 0 saturated heterocycles. The molecule has 74 valence electrons. The van der Waals surface area contributed by atoms with Crippen LogP contribution >= 0.6 is 0 Å². The number of aliphatic hydroxyl groups is 1. The van der Waals surface area contributed by atoms with Crippen LogP contribution in [0.4, 0.5) is 0 Å². The fourth-order valence-electron chi connectivity index (χ4n) is 0.888. The Kier molecular flexibility index (Phi) is 3.39. The summed E-state index contributed by atoms with van der Waals surface area (Å²) >= 11 is 0. The summed E-state index contributed by atoms with van der Waals surface area (Å²) in [7, 11) is 1.83.